The Morgan fingerprint density at radius 3 is 2.69 bits per heavy atom. The van der Waals surface area contributed by atoms with E-state index in [0.717, 1.165) is 0 Å². The summed E-state index contributed by atoms with van der Waals surface area (Å²) in [7, 11) is -0.308. The van der Waals surface area contributed by atoms with Gasteiger partial charge in [0, 0.05) is 24.7 Å². The van der Waals surface area contributed by atoms with E-state index in [1.165, 1.54) is 15.6 Å². The van der Waals surface area contributed by atoms with Crippen LogP contribution >= 0.6 is 27.3 Å². The molecule has 0 saturated heterocycles. The van der Waals surface area contributed by atoms with Crippen molar-refractivity contribution in [1.82, 2.24) is 4.31 Å². The van der Waals surface area contributed by atoms with Gasteiger partial charge in [0.2, 0.25) is 0 Å². The Hall–Kier alpha value is 0.0500. The van der Waals surface area contributed by atoms with Gasteiger partial charge in [-0.05, 0) is 34.3 Å². The number of methoxy groups -OCH3 is 1. The highest BCUT2D eigenvalue weighted by Gasteiger charge is 2.28. The zero-order chi connectivity index (χ0) is 12.3. The molecule has 4 nitrogen and oxygen atoms in total. The maximum atomic E-state index is 12.2. The molecule has 1 unspecified atom stereocenters. The van der Waals surface area contributed by atoms with Crippen molar-refractivity contribution in [2.75, 3.05) is 20.8 Å². The maximum absolute atomic E-state index is 12.2. The molecule has 7 heteroatoms. The van der Waals surface area contributed by atoms with E-state index in [1.54, 1.807) is 25.6 Å². The van der Waals surface area contributed by atoms with Crippen LogP contribution in [0.25, 0.3) is 0 Å². The van der Waals surface area contributed by atoms with Crippen LogP contribution in [0.5, 0.6) is 0 Å². The number of halogens is 1. The number of hydrogen-bond donors (Lipinski definition) is 0. The molecule has 0 spiro atoms. The van der Waals surface area contributed by atoms with Crippen molar-refractivity contribution < 1.29 is 13.2 Å². The Balaban J connectivity index is 2.99. The average molecular weight is 328 g/mol. The predicted octanol–water partition coefficient (Wildman–Crippen LogP) is 2.17. The van der Waals surface area contributed by atoms with Crippen LogP contribution in [0, 0.1) is 0 Å². The van der Waals surface area contributed by atoms with E-state index in [2.05, 4.69) is 15.9 Å². The fourth-order valence-corrected chi connectivity index (χ4v) is 5.00. The first-order chi connectivity index (χ1) is 7.41. The fourth-order valence-electron chi connectivity index (χ4n) is 1.18. The molecule has 1 atom stereocenters. The molecule has 1 aromatic rings. The molecular weight excluding hydrogens is 314 g/mol. The quantitative estimate of drug-likeness (QED) is 0.832. The second kappa shape index (κ2) is 5.59. The second-order valence-corrected chi connectivity index (χ2v) is 7.34. The Morgan fingerprint density at radius 1 is 1.62 bits per heavy atom. The van der Waals surface area contributed by atoms with Gasteiger partial charge in [-0.2, -0.15) is 4.31 Å². The molecule has 1 rings (SSSR count). The third kappa shape index (κ3) is 2.84. The zero-order valence-corrected chi connectivity index (χ0v) is 12.5. The van der Waals surface area contributed by atoms with Crippen LogP contribution in [-0.2, 0) is 14.8 Å². The fraction of sp³-hybridized carbons (Fsp3) is 0.556. The highest BCUT2D eigenvalue weighted by atomic mass is 79.9. The summed E-state index contributed by atoms with van der Waals surface area (Å²) in [4.78, 5) is 0. The van der Waals surface area contributed by atoms with Crippen LogP contribution in [-0.4, -0.2) is 39.5 Å². The van der Waals surface area contributed by atoms with E-state index in [-0.39, 0.29) is 6.04 Å². The molecule has 1 heterocycles. The van der Waals surface area contributed by atoms with Crippen molar-refractivity contribution in [1.29, 1.82) is 0 Å². The number of hydrogen-bond acceptors (Lipinski definition) is 4. The minimum Gasteiger partial charge on any atom is -0.383 e. The van der Waals surface area contributed by atoms with Gasteiger partial charge >= 0.3 is 0 Å². The molecule has 0 saturated carbocycles. The van der Waals surface area contributed by atoms with Crippen molar-refractivity contribution in [3.05, 3.63) is 15.9 Å². The van der Waals surface area contributed by atoms with Gasteiger partial charge in [-0.3, -0.25) is 0 Å². The van der Waals surface area contributed by atoms with Gasteiger partial charge in [-0.25, -0.2) is 8.42 Å². The molecule has 0 aromatic carbocycles. The van der Waals surface area contributed by atoms with Crippen molar-refractivity contribution in [3.8, 4) is 0 Å². The lowest BCUT2D eigenvalue weighted by Gasteiger charge is -2.23. The van der Waals surface area contributed by atoms with E-state index in [4.69, 9.17) is 4.74 Å². The summed E-state index contributed by atoms with van der Waals surface area (Å²) in [5, 5.41) is 1.74. The number of ether oxygens (including phenoxy) is 1. The van der Waals surface area contributed by atoms with Gasteiger partial charge in [0.15, 0.2) is 0 Å². The van der Waals surface area contributed by atoms with Crippen LogP contribution < -0.4 is 0 Å². The summed E-state index contributed by atoms with van der Waals surface area (Å²) < 4.78 is 31.6. The number of likely N-dealkylation sites (N-methyl/N-ethyl adjacent to an activating group) is 1. The Labute approximate surface area is 108 Å². The second-order valence-electron chi connectivity index (χ2n) is 3.38. The lowest BCUT2D eigenvalue weighted by atomic mass is 10.4. The van der Waals surface area contributed by atoms with Gasteiger partial charge < -0.3 is 4.74 Å². The van der Waals surface area contributed by atoms with E-state index in [9.17, 15) is 8.42 Å². The molecule has 0 N–H and O–H groups in total. The third-order valence-electron chi connectivity index (χ3n) is 2.23. The normalized spacial score (nSPS) is 14.3. The number of sulfonamides is 1. The van der Waals surface area contributed by atoms with Crippen molar-refractivity contribution >= 4 is 37.3 Å². The number of nitrogens with zero attached hydrogens (tertiary/aromatic N) is 1. The Bertz CT molecular complexity index is 443. The summed E-state index contributed by atoms with van der Waals surface area (Å²) in [5.41, 5.74) is 0. The summed E-state index contributed by atoms with van der Waals surface area (Å²) in [6.07, 6.45) is 0. The van der Waals surface area contributed by atoms with Crippen molar-refractivity contribution in [2.24, 2.45) is 0 Å². The predicted molar refractivity (Wildman–Crippen MR) is 68.3 cm³/mol. The third-order valence-corrected chi connectivity index (χ3v) is 6.85. The van der Waals surface area contributed by atoms with Gasteiger partial charge in [-0.15, -0.1) is 11.3 Å². The van der Waals surface area contributed by atoms with Gasteiger partial charge in [0.1, 0.15) is 4.21 Å². The molecule has 0 amide bonds. The summed E-state index contributed by atoms with van der Waals surface area (Å²) in [5.74, 6) is 0. The first-order valence-corrected chi connectivity index (χ1v) is 7.72. The van der Waals surface area contributed by atoms with Crippen LogP contribution in [0.1, 0.15) is 6.92 Å². The van der Waals surface area contributed by atoms with Gasteiger partial charge in [-0.1, -0.05) is 0 Å². The molecule has 0 aliphatic carbocycles. The molecule has 0 bridgehead atoms. The maximum Gasteiger partial charge on any atom is 0.253 e. The lowest BCUT2D eigenvalue weighted by molar-refractivity contribution is 0.149. The van der Waals surface area contributed by atoms with Crippen LogP contribution in [0.15, 0.2) is 20.1 Å². The molecule has 0 radical (unpaired) electrons. The van der Waals surface area contributed by atoms with Gasteiger partial charge in [0.25, 0.3) is 10.0 Å². The standard InChI is InChI=1S/C9H14BrNO3S2/c1-7(6-14-3)11(2)16(12,13)9-8(10)4-5-15-9/h4-5,7H,6H2,1-3H3. The minimum atomic E-state index is -3.42. The SMILES string of the molecule is COCC(C)N(C)S(=O)(=O)c1sccc1Br. The van der Waals surface area contributed by atoms with E-state index < -0.39 is 10.0 Å². The van der Waals surface area contributed by atoms with Gasteiger partial charge in [0.05, 0.1) is 6.61 Å². The number of thiophene rings is 1. The highest BCUT2D eigenvalue weighted by molar-refractivity contribution is 9.10. The average Bonchev–Trinajstić information content (AvgIpc) is 2.64. The Kier molecular flexibility index (Phi) is 4.93. The molecule has 0 aliphatic heterocycles. The molecule has 1 aromatic heterocycles. The van der Waals surface area contributed by atoms with Crippen LogP contribution in [0.2, 0.25) is 0 Å². The topological polar surface area (TPSA) is 46.6 Å². The molecular formula is C9H14BrNO3S2. The molecule has 0 aliphatic rings. The summed E-state index contributed by atoms with van der Waals surface area (Å²) >= 11 is 4.43. The van der Waals surface area contributed by atoms with E-state index >= 15 is 0 Å². The van der Waals surface area contributed by atoms with E-state index in [0.29, 0.717) is 15.3 Å². The molecule has 0 fully saturated rings. The molecule has 92 valence electrons. The monoisotopic (exact) mass is 327 g/mol. The minimum absolute atomic E-state index is 0.191. The van der Waals surface area contributed by atoms with Crippen molar-refractivity contribution in [2.45, 2.75) is 17.2 Å². The molecule has 16 heavy (non-hydrogen) atoms. The summed E-state index contributed by atoms with van der Waals surface area (Å²) in [6.45, 7) is 2.18. The first kappa shape index (κ1) is 14.1. The van der Waals surface area contributed by atoms with Crippen LogP contribution in [0.3, 0.4) is 0 Å². The van der Waals surface area contributed by atoms with Crippen molar-refractivity contribution in [3.63, 3.8) is 0 Å². The summed E-state index contributed by atoms with van der Waals surface area (Å²) in [6, 6.07) is 1.54. The Morgan fingerprint density at radius 2 is 2.25 bits per heavy atom. The number of rotatable bonds is 5. The largest absolute Gasteiger partial charge is 0.383 e. The smallest absolute Gasteiger partial charge is 0.253 e. The first-order valence-electron chi connectivity index (χ1n) is 4.61. The highest BCUT2D eigenvalue weighted by Crippen LogP contribution is 2.30. The van der Waals surface area contributed by atoms with Crippen LogP contribution in [0.4, 0.5) is 0 Å². The lowest BCUT2D eigenvalue weighted by Crippen LogP contribution is -2.37. The zero-order valence-electron chi connectivity index (χ0n) is 9.31. The van der Waals surface area contributed by atoms with E-state index in [1.807, 2.05) is 6.92 Å².